The van der Waals surface area contributed by atoms with Crippen molar-refractivity contribution >= 4 is 0 Å². The van der Waals surface area contributed by atoms with Crippen LogP contribution in [0.4, 0.5) is 0 Å². The summed E-state index contributed by atoms with van der Waals surface area (Å²) in [4.78, 5) is 0. The smallest absolute Gasteiger partial charge is 0.0612 e. The summed E-state index contributed by atoms with van der Waals surface area (Å²) in [5.74, 6) is 2.46. The molecule has 2 saturated carbocycles. The van der Waals surface area contributed by atoms with E-state index >= 15 is 0 Å². The van der Waals surface area contributed by atoms with E-state index in [0.717, 1.165) is 11.8 Å². The van der Waals surface area contributed by atoms with Crippen LogP contribution >= 0.6 is 0 Å². The Hall–Kier alpha value is -0.820. The van der Waals surface area contributed by atoms with E-state index in [0.29, 0.717) is 11.3 Å². The van der Waals surface area contributed by atoms with Gasteiger partial charge in [0.2, 0.25) is 0 Å². The van der Waals surface area contributed by atoms with Crippen LogP contribution in [0.1, 0.15) is 64.7 Å². The fourth-order valence-corrected chi connectivity index (χ4v) is 6.22. The highest BCUT2D eigenvalue weighted by Crippen LogP contribution is 2.62. The van der Waals surface area contributed by atoms with E-state index in [1.54, 1.807) is 11.1 Å². The molecule has 0 aromatic heterocycles. The van der Waals surface area contributed by atoms with Gasteiger partial charge in [0.05, 0.1) is 6.61 Å². The van der Waals surface area contributed by atoms with Crippen LogP contribution in [0.3, 0.4) is 0 Å². The number of hydrogen-bond acceptors (Lipinski definition) is 1. The molecule has 1 nitrogen and oxygen atoms in total. The summed E-state index contributed by atoms with van der Waals surface area (Å²) in [5, 5.41) is 9.12. The lowest BCUT2D eigenvalue weighted by atomic mass is 9.56. The van der Waals surface area contributed by atoms with Crippen molar-refractivity contribution < 1.29 is 5.11 Å². The molecule has 0 aliphatic heterocycles. The predicted molar refractivity (Wildman–Crippen MR) is 91.5 cm³/mol. The molecule has 0 saturated heterocycles. The molecule has 1 N–H and O–H groups in total. The molecule has 0 aromatic rings. The number of allylic oxidation sites excluding steroid dienone is 5. The lowest BCUT2D eigenvalue weighted by molar-refractivity contribution is 0.0923. The summed E-state index contributed by atoms with van der Waals surface area (Å²) in [6.07, 6.45) is 19.1. The first-order valence-electron chi connectivity index (χ1n) is 9.43. The van der Waals surface area contributed by atoms with E-state index in [-0.39, 0.29) is 6.61 Å². The third kappa shape index (κ3) is 2.16. The van der Waals surface area contributed by atoms with Crippen molar-refractivity contribution in [1.82, 2.24) is 0 Å². The maximum atomic E-state index is 9.12. The van der Waals surface area contributed by atoms with Gasteiger partial charge in [-0.3, -0.25) is 0 Å². The van der Waals surface area contributed by atoms with Crippen LogP contribution < -0.4 is 0 Å². The highest BCUT2D eigenvalue weighted by atomic mass is 16.2. The van der Waals surface area contributed by atoms with Gasteiger partial charge in [-0.2, -0.15) is 0 Å². The molecule has 0 bridgehead atoms. The number of aliphatic hydroxyl groups is 1. The van der Waals surface area contributed by atoms with Gasteiger partial charge in [0.1, 0.15) is 0 Å². The van der Waals surface area contributed by atoms with Crippen molar-refractivity contribution in [3.8, 4) is 0 Å². The Balaban J connectivity index is 1.65. The summed E-state index contributed by atoms with van der Waals surface area (Å²) < 4.78 is 0. The molecular formula is C21H30O. The normalized spacial score (nSPS) is 41.2. The fraction of sp³-hybridized carbons (Fsp3) is 0.714. The Morgan fingerprint density at radius 3 is 3.00 bits per heavy atom. The van der Waals surface area contributed by atoms with Crippen molar-refractivity contribution in [1.29, 1.82) is 0 Å². The van der Waals surface area contributed by atoms with Crippen molar-refractivity contribution in [2.24, 2.45) is 23.2 Å². The second-order valence-corrected chi connectivity index (χ2v) is 8.18. The van der Waals surface area contributed by atoms with Gasteiger partial charge in [0.25, 0.3) is 0 Å². The number of hydrogen-bond donors (Lipinski definition) is 1. The zero-order chi connectivity index (χ0) is 15.2. The van der Waals surface area contributed by atoms with E-state index in [9.17, 15) is 0 Å². The Kier molecular flexibility index (Phi) is 3.80. The van der Waals surface area contributed by atoms with Crippen LogP contribution in [0.2, 0.25) is 0 Å². The van der Waals surface area contributed by atoms with Gasteiger partial charge in [-0.25, -0.2) is 0 Å². The lowest BCUT2D eigenvalue weighted by Gasteiger charge is -2.49. The first-order valence-corrected chi connectivity index (χ1v) is 9.43. The van der Waals surface area contributed by atoms with E-state index in [4.69, 9.17) is 5.11 Å². The molecule has 0 aromatic carbocycles. The highest BCUT2D eigenvalue weighted by Gasteiger charge is 2.52. The molecule has 4 aliphatic rings. The van der Waals surface area contributed by atoms with Gasteiger partial charge >= 0.3 is 0 Å². The van der Waals surface area contributed by atoms with E-state index < -0.39 is 0 Å². The molecule has 22 heavy (non-hydrogen) atoms. The molecule has 0 heterocycles. The molecule has 0 amide bonds. The van der Waals surface area contributed by atoms with Crippen molar-refractivity contribution in [2.45, 2.75) is 64.7 Å². The maximum Gasteiger partial charge on any atom is 0.0612 e. The van der Waals surface area contributed by atoms with Crippen molar-refractivity contribution in [3.63, 3.8) is 0 Å². The molecule has 2 fully saturated rings. The van der Waals surface area contributed by atoms with Gasteiger partial charge in [0.15, 0.2) is 0 Å². The average molecular weight is 298 g/mol. The van der Waals surface area contributed by atoms with E-state index in [1.165, 1.54) is 57.8 Å². The zero-order valence-electron chi connectivity index (χ0n) is 14.0. The maximum absolute atomic E-state index is 9.12. The Labute approximate surface area is 135 Å². The average Bonchev–Trinajstić information content (AvgIpc) is 2.89. The van der Waals surface area contributed by atoms with Gasteiger partial charge in [-0.15, -0.1) is 0 Å². The van der Waals surface area contributed by atoms with Gasteiger partial charge in [0, 0.05) is 0 Å². The first-order chi connectivity index (χ1) is 10.7. The molecule has 0 unspecified atom stereocenters. The molecular weight excluding hydrogens is 268 g/mol. The van der Waals surface area contributed by atoms with Crippen LogP contribution in [0.25, 0.3) is 0 Å². The monoisotopic (exact) mass is 298 g/mol. The second kappa shape index (κ2) is 5.67. The molecule has 4 rings (SSSR count). The SMILES string of the molecule is C[C@]12CCC3=C4CCCC=C4CC[C@H]3[C@@H]1CC[C@H]2C=CCO. The third-order valence-electron chi connectivity index (χ3n) is 7.34. The summed E-state index contributed by atoms with van der Waals surface area (Å²) in [7, 11) is 0. The summed E-state index contributed by atoms with van der Waals surface area (Å²) in [6, 6.07) is 0. The van der Waals surface area contributed by atoms with E-state index in [1.807, 2.05) is 11.6 Å². The summed E-state index contributed by atoms with van der Waals surface area (Å²) in [5.41, 5.74) is 5.86. The Morgan fingerprint density at radius 1 is 1.23 bits per heavy atom. The largest absolute Gasteiger partial charge is 0.392 e. The Bertz CT molecular complexity index is 538. The van der Waals surface area contributed by atoms with Crippen LogP contribution in [0.15, 0.2) is 34.9 Å². The van der Waals surface area contributed by atoms with Gasteiger partial charge < -0.3 is 5.11 Å². The number of aliphatic hydroxyl groups excluding tert-OH is 1. The molecule has 0 radical (unpaired) electrons. The molecule has 4 aliphatic carbocycles. The van der Waals surface area contributed by atoms with Crippen LogP contribution in [0.5, 0.6) is 0 Å². The minimum absolute atomic E-state index is 0.199. The fourth-order valence-electron chi connectivity index (χ4n) is 6.22. The third-order valence-corrected chi connectivity index (χ3v) is 7.34. The molecule has 4 atom stereocenters. The van der Waals surface area contributed by atoms with Gasteiger partial charge in [-0.05, 0) is 92.1 Å². The standard InChI is InChI=1S/C21H30O/c1-21-13-12-18-17-7-3-2-5-15(17)8-10-19(18)20(21)11-9-16(21)6-4-14-22/h4-6,16,19-20,22H,2-3,7-14H2,1H3/t16-,19-,20+,21-/m1/s1. The van der Waals surface area contributed by atoms with Crippen molar-refractivity contribution in [2.75, 3.05) is 6.61 Å². The minimum atomic E-state index is 0.199. The minimum Gasteiger partial charge on any atom is -0.392 e. The summed E-state index contributed by atoms with van der Waals surface area (Å²) >= 11 is 0. The van der Waals surface area contributed by atoms with Crippen LogP contribution in [0, 0.1) is 23.2 Å². The molecule has 0 spiro atoms. The highest BCUT2D eigenvalue weighted by molar-refractivity contribution is 5.42. The van der Waals surface area contributed by atoms with Crippen LogP contribution in [-0.2, 0) is 0 Å². The quantitative estimate of drug-likeness (QED) is 0.697. The number of fused-ring (bicyclic) bond motifs is 4. The lowest BCUT2D eigenvalue weighted by Crippen LogP contribution is -2.39. The predicted octanol–water partition coefficient (Wildman–Crippen LogP) is 5.18. The zero-order valence-corrected chi connectivity index (χ0v) is 14.0. The molecule has 1 heteroatoms. The first kappa shape index (κ1) is 14.8. The van der Waals surface area contributed by atoms with Crippen molar-refractivity contribution in [3.05, 3.63) is 34.9 Å². The Morgan fingerprint density at radius 2 is 2.14 bits per heavy atom. The van der Waals surface area contributed by atoms with Crippen LogP contribution in [-0.4, -0.2) is 11.7 Å². The summed E-state index contributed by atoms with van der Waals surface area (Å²) in [6.45, 7) is 2.74. The van der Waals surface area contributed by atoms with Gasteiger partial charge in [-0.1, -0.05) is 30.7 Å². The second-order valence-electron chi connectivity index (χ2n) is 8.18. The topological polar surface area (TPSA) is 20.2 Å². The molecule has 120 valence electrons. The van der Waals surface area contributed by atoms with E-state index in [2.05, 4.69) is 19.1 Å². The number of rotatable bonds is 2.